The molecule has 33 heavy (non-hydrogen) atoms. The van der Waals surface area contributed by atoms with E-state index < -0.39 is 0 Å². The smallest absolute Gasteiger partial charge is 0.226 e. The molecule has 1 aromatic carbocycles. The van der Waals surface area contributed by atoms with Crippen LogP contribution in [0.15, 0.2) is 24.5 Å². The number of carbonyl (C=O) groups is 1. The zero-order valence-corrected chi connectivity index (χ0v) is 19.4. The first-order valence-corrected chi connectivity index (χ1v) is 11.6. The van der Waals surface area contributed by atoms with Crippen molar-refractivity contribution in [1.82, 2.24) is 25.1 Å². The van der Waals surface area contributed by atoms with Crippen LogP contribution in [-0.2, 0) is 4.79 Å². The van der Waals surface area contributed by atoms with Crippen molar-refractivity contribution in [2.75, 3.05) is 39.3 Å². The summed E-state index contributed by atoms with van der Waals surface area (Å²) in [7, 11) is 4.95. The molecular formula is C24H30N6O3. The number of hydrogen-bond acceptors (Lipinski definition) is 7. The van der Waals surface area contributed by atoms with Gasteiger partial charge in [0, 0.05) is 49.3 Å². The van der Waals surface area contributed by atoms with Gasteiger partial charge < -0.3 is 19.7 Å². The second-order valence-corrected chi connectivity index (χ2v) is 8.77. The molecule has 2 aliphatic rings. The van der Waals surface area contributed by atoms with E-state index in [1.54, 1.807) is 21.3 Å². The number of carbonyl (C=O) groups excluding carboxylic acids is 1. The summed E-state index contributed by atoms with van der Waals surface area (Å²) in [5.41, 5.74) is 2.58. The van der Waals surface area contributed by atoms with Crippen LogP contribution in [0.5, 0.6) is 11.5 Å². The van der Waals surface area contributed by atoms with Gasteiger partial charge in [0.2, 0.25) is 11.9 Å². The molecule has 0 bridgehead atoms. The minimum atomic E-state index is 0.0382. The van der Waals surface area contributed by atoms with Crippen LogP contribution >= 0.6 is 0 Å². The standard InChI is InChI=1S/C24H30N6O3/c1-25-23(31)15-7-9-29(10-8-15)24-27-19-12-21(33-3)20(32-2)11-18(19)22(28-24)16-13-26-30(14-16)17-5-4-6-17/h11-15,17H,4-10H2,1-3H3,(H,25,31). The number of fused-ring (bicyclic) bond motifs is 1. The first kappa shape index (κ1) is 21.5. The van der Waals surface area contributed by atoms with Gasteiger partial charge >= 0.3 is 0 Å². The van der Waals surface area contributed by atoms with Crippen molar-refractivity contribution in [3.8, 4) is 22.8 Å². The van der Waals surface area contributed by atoms with E-state index in [1.165, 1.54) is 19.3 Å². The predicted molar refractivity (Wildman–Crippen MR) is 126 cm³/mol. The van der Waals surface area contributed by atoms with Crippen LogP contribution in [0.25, 0.3) is 22.2 Å². The Bertz CT molecular complexity index is 1160. The third-order valence-corrected chi connectivity index (χ3v) is 6.91. The summed E-state index contributed by atoms with van der Waals surface area (Å²) in [5, 5.41) is 8.28. The maximum Gasteiger partial charge on any atom is 0.226 e. The number of methoxy groups -OCH3 is 2. The number of piperidine rings is 1. The van der Waals surface area contributed by atoms with Gasteiger partial charge in [-0.3, -0.25) is 9.48 Å². The van der Waals surface area contributed by atoms with Crippen molar-refractivity contribution in [2.24, 2.45) is 5.92 Å². The Hall–Kier alpha value is -3.36. The molecule has 1 aliphatic heterocycles. The zero-order valence-electron chi connectivity index (χ0n) is 19.4. The topological polar surface area (TPSA) is 94.4 Å². The summed E-state index contributed by atoms with van der Waals surface area (Å²) in [5.74, 6) is 2.08. The van der Waals surface area contributed by atoms with Gasteiger partial charge in [-0.2, -0.15) is 5.10 Å². The summed E-state index contributed by atoms with van der Waals surface area (Å²) in [6, 6.07) is 4.31. The van der Waals surface area contributed by atoms with Crippen molar-refractivity contribution in [3.63, 3.8) is 0 Å². The van der Waals surface area contributed by atoms with E-state index >= 15 is 0 Å². The minimum absolute atomic E-state index is 0.0382. The summed E-state index contributed by atoms with van der Waals surface area (Å²) < 4.78 is 13.1. The normalized spacial score (nSPS) is 17.1. The molecule has 9 heteroatoms. The second-order valence-electron chi connectivity index (χ2n) is 8.77. The highest BCUT2D eigenvalue weighted by molar-refractivity contribution is 5.95. The number of nitrogens with one attached hydrogen (secondary N) is 1. The van der Waals surface area contributed by atoms with Gasteiger partial charge in [0.1, 0.15) is 0 Å². The maximum absolute atomic E-state index is 12.0. The quantitative estimate of drug-likeness (QED) is 0.616. The highest BCUT2D eigenvalue weighted by atomic mass is 16.5. The lowest BCUT2D eigenvalue weighted by atomic mass is 9.93. The van der Waals surface area contributed by atoms with Crippen LogP contribution in [0.2, 0.25) is 0 Å². The van der Waals surface area contributed by atoms with Gasteiger partial charge in [0.05, 0.1) is 37.7 Å². The monoisotopic (exact) mass is 450 g/mol. The maximum atomic E-state index is 12.0. The van der Waals surface area contributed by atoms with E-state index in [0.29, 0.717) is 23.5 Å². The third kappa shape index (κ3) is 3.96. The summed E-state index contributed by atoms with van der Waals surface area (Å²) in [6.07, 6.45) is 9.13. The number of anilines is 1. The fourth-order valence-electron chi connectivity index (χ4n) is 4.66. The molecule has 0 atom stereocenters. The molecule has 1 aliphatic carbocycles. The van der Waals surface area contributed by atoms with Crippen LogP contribution in [-0.4, -0.2) is 60.0 Å². The highest BCUT2D eigenvalue weighted by Crippen LogP contribution is 2.38. The molecule has 2 fully saturated rings. The van der Waals surface area contributed by atoms with Crippen molar-refractivity contribution in [2.45, 2.75) is 38.1 Å². The fourth-order valence-corrected chi connectivity index (χ4v) is 4.66. The molecular weight excluding hydrogens is 420 g/mol. The van der Waals surface area contributed by atoms with E-state index in [4.69, 9.17) is 19.4 Å². The number of hydrogen-bond donors (Lipinski definition) is 1. The highest BCUT2D eigenvalue weighted by Gasteiger charge is 2.27. The molecule has 5 rings (SSSR count). The van der Waals surface area contributed by atoms with Crippen LogP contribution in [0.1, 0.15) is 38.1 Å². The predicted octanol–water partition coefficient (Wildman–Crippen LogP) is 3.20. The number of amides is 1. The molecule has 3 aromatic rings. The largest absolute Gasteiger partial charge is 0.493 e. The number of benzene rings is 1. The van der Waals surface area contributed by atoms with Crippen LogP contribution in [0.4, 0.5) is 5.95 Å². The lowest BCUT2D eigenvalue weighted by molar-refractivity contribution is -0.125. The van der Waals surface area contributed by atoms with E-state index in [-0.39, 0.29) is 11.8 Å². The van der Waals surface area contributed by atoms with E-state index in [9.17, 15) is 4.79 Å². The molecule has 0 radical (unpaired) electrons. The summed E-state index contributed by atoms with van der Waals surface area (Å²) in [4.78, 5) is 24.1. The van der Waals surface area contributed by atoms with E-state index in [1.807, 2.05) is 18.3 Å². The Kier molecular flexibility index (Phi) is 5.78. The van der Waals surface area contributed by atoms with Crippen molar-refractivity contribution in [1.29, 1.82) is 0 Å². The number of aromatic nitrogens is 4. The lowest BCUT2D eigenvalue weighted by Crippen LogP contribution is -2.40. The van der Waals surface area contributed by atoms with Gasteiger partial charge in [-0.05, 0) is 38.2 Å². The Morgan fingerprint density at radius 3 is 2.42 bits per heavy atom. The van der Waals surface area contributed by atoms with Gasteiger partial charge in [0.25, 0.3) is 0 Å². The molecule has 3 heterocycles. The Morgan fingerprint density at radius 1 is 1.06 bits per heavy atom. The third-order valence-electron chi connectivity index (χ3n) is 6.91. The fraction of sp³-hybridized carbons (Fsp3) is 0.500. The molecule has 1 saturated heterocycles. The molecule has 0 spiro atoms. The van der Waals surface area contributed by atoms with Gasteiger partial charge in [-0.15, -0.1) is 0 Å². The molecule has 174 valence electrons. The van der Waals surface area contributed by atoms with Gasteiger partial charge in [0.15, 0.2) is 11.5 Å². The van der Waals surface area contributed by atoms with Crippen LogP contribution in [0, 0.1) is 5.92 Å². The van der Waals surface area contributed by atoms with Crippen LogP contribution < -0.4 is 19.7 Å². The molecule has 1 saturated carbocycles. The summed E-state index contributed by atoms with van der Waals surface area (Å²) >= 11 is 0. The molecule has 9 nitrogen and oxygen atoms in total. The van der Waals surface area contributed by atoms with Crippen molar-refractivity contribution in [3.05, 3.63) is 24.5 Å². The average Bonchev–Trinajstić information content (AvgIpc) is 3.30. The Balaban J connectivity index is 1.56. The number of nitrogens with zero attached hydrogens (tertiary/aromatic N) is 5. The second kappa shape index (κ2) is 8.88. The number of rotatable bonds is 6. The van der Waals surface area contributed by atoms with Crippen molar-refractivity contribution >= 4 is 22.8 Å². The SMILES string of the molecule is CNC(=O)C1CCN(c2nc(-c3cnn(C4CCC4)c3)c3cc(OC)c(OC)cc3n2)CC1. The van der Waals surface area contributed by atoms with E-state index in [2.05, 4.69) is 26.2 Å². The van der Waals surface area contributed by atoms with Crippen LogP contribution in [0.3, 0.4) is 0 Å². The molecule has 1 N–H and O–H groups in total. The Labute approximate surface area is 193 Å². The van der Waals surface area contributed by atoms with Gasteiger partial charge in [-0.1, -0.05) is 0 Å². The lowest BCUT2D eigenvalue weighted by Gasteiger charge is -2.31. The summed E-state index contributed by atoms with van der Waals surface area (Å²) in [6.45, 7) is 1.47. The van der Waals surface area contributed by atoms with Crippen molar-refractivity contribution < 1.29 is 14.3 Å². The average molecular weight is 451 g/mol. The molecule has 0 unspecified atom stereocenters. The first-order valence-electron chi connectivity index (χ1n) is 11.6. The van der Waals surface area contributed by atoms with Gasteiger partial charge in [-0.25, -0.2) is 9.97 Å². The Morgan fingerprint density at radius 2 is 1.79 bits per heavy atom. The molecule has 2 aromatic heterocycles. The number of ether oxygens (including phenoxy) is 2. The first-order chi connectivity index (χ1) is 16.1. The minimum Gasteiger partial charge on any atom is -0.493 e. The van der Waals surface area contributed by atoms with E-state index in [0.717, 1.165) is 48.1 Å². The zero-order chi connectivity index (χ0) is 22.9. The molecule has 1 amide bonds.